The molecule has 1 aromatic heterocycles. The fourth-order valence-corrected chi connectivity index (χ4v) is 2.74. The summed E-state index contributed by atoms with van der Waals surface area (Å²) >= 11 is 0. The summed E-state index contributed by atoms with van der Waals surface area (Å²) < 4.78 is 0. The standard InChI is InChI=1S/C14H21N3O2/c1-3-10-4-6-11(7-5-10)17(2)14-15-9-8-12(16-14)13(18)19/h8-11H,3-7H2,1-2H3,(H,18,19). The Hall–Kier alpha value is -1.65. The predicted molar refractivity (Wildman–Crippen MR) is 73.4 cm³/mol. The first-order chi connectivity index (χ1) is 9.11. The van der Waals surface area contributed by atoms with Crippen LogP contribution in [0.3, 0.4) is 0 Å². The molecule has 0 atom stereocenters. The molecule has 5 nitrogen and oxygen atoms in total. The van der Waals surface area contributed by atoms with E-state index in [1.165, 1.54) is 31.5 Å². The smallest absolute Gasteiger partial charge is 0.354 e. The van der Waals surface area contributed by atoms with Gasteiger partial charge in [-0.25, -0.2) is 14.8 Å². The fraction of sp³-hybridized carbons (Fsp3) is 0.643. The molecule has 104 valence electrons. The van der Waals surface area contributed by atoms with E-state index in [9.17, 15) is 4.79 Å². The van der Waals surface area contributed by atoms with Gasteiger partial charge in [0.2, 0.25) is 5.95 Å². The molecule has 1 fully saturated rings. The first-order valence-electron chi connectivity index (χ1n) is 6.91. The van der Waals surface area contributed by atoms with Crippen molar-refractivity contribution in [2.75, 3.05) is 11.9 Å². The second-order valence-corrected chi connectivity index (χ2v) is 5.24. The summed E-state index contributed by atoms with van der Waals surface area (Å²) in [6.45, 7) is 2.24. The normalized spacial score (nSPS) is 23.1. The van der Waals surface area contributed by atoms with Crippen LogP contribution in [0.2, 0.25) is 0 Å². The molecule has 19 heavy (non-hydrogen) atoms. The van der Waals surface area contributed by atoms with Crippen molar-refractivity contribution in [3.63, 3.8) is 0 Å². The van der Waals surface area contributed by atoms with Crippen molar-refractivity contribution in [1.82, 2.24) is 9.97 Å². The summed E-state index contributed by atoms with van der Waals surface area (Å²) in [4.78, 5) is 21.2. The average Bonchev–Trinajstić information content (AvgIpc) is 2.46. The molecule has 1 heterocycles. The molecule has 0 amide bonds. The van der Waals surface area contributed by atoms with Crippen LogP contribution in [0.1, 0.15) is 49.5 Å². The lowest BCUT2D eigenvalue weighted by atomic mass is 9.84. The third-order valence-corrected chi connectivity index (χ3v) is 4.12. The van der Waals surface area contributed by atoms with Crippen molar-refractivity contribution in [2.45, 2.75) is 45.1 Å². The third kappa shape index (κ3) is 3.22. The molecule has 0 aliphatic heterocycles. The average molecular weight is 263 g/mol. The Morgan fingerprint density at radius 3 is 2.68 bits per heavy atom. The van der Waals surface area contributed by atoms with Gasteiger partial charge in [0.1, 0.15) is 0 Å². The van der Waals surface area contributed by atoms with E-state index in [1.807, 2.05) is 11.9 Å². The quantitative estimate of drug-likeness (QED) is 0.904. The predicted octanol–water partition coefficient (Wildman–Crippen LogP) is 2.58. The SMILES string of the molecule is CCC1CCC(N(C)c2nccc(C(=O)O)n2)CC1. The van der Waals surface area contributed by atoms with Crippen molar-refractivity contribution in [2.24, 2.45) is 5.92 Å². The summed E-state index contributed by atoms with van der Waals surface area (Å²) in [6.07, 6.45) is 7.51. The monoisotopic (exact) mass is 263 g/mol. The zero-order chi connectivity index (χ0) is 13.8. The lowest BCUT2D eigenvalue weighted by Crippen LogP contribution is -2.36. The van der Waals surface area contributed by atoms with Crippen LogP contribution >= 0.6 is 0 Å². The van der Waals surface area contributed by atoms with E-state index in [0.29, 0.717) is 12.0 Å². The molecule has 5 heteroatoms. The third-order valence-electron chi connectivity index (χ3n) is 4.12. The molecule has 1 aliphatic carbocycles. The van der Waals surface area contributed by atoms with Gasteiger partial charge in [-0.1, -0.05) is 13.3 Å². The summed E-state index contributed by atoms with van der Waals surface area (Å²) in [5.74, 6) is 0.350. The van der Waals surface area contributed by atoms with Gasteiger partial charge in [0.25, 0.3) is 0 Å². The summed E-state index contributed by atoms with van der Waals surface area (Å²) in [5, 5.41) is 8.96. The minimum Gasteiger partial charge on any atom is -0.477 e. The number of nitrogens with zero attached hydrogens (tertiary/aromatic N) is 3. The topological polar surface area (TPSA) is 66.3 Å². The molecule has 1 aliphatic rings. The van der Waals surface area contributed by atoms with Crippen LogP contribution in [0.5, 0.6) is 0 Å². The van der Waals surface area contributed by atoms with Gasteiger partial charge >= 0.3 is 5.97 Å². The van der Waals surface area contributed by atoms with E-state index >= 15 is 0 Å². The minimum absolute atomic E-state index is 0.0547. The van der Waals surface area contributed by atoms with E-state index in [2.05, 4.69) is 16.9 Å². The number of carbonyl (C=O) groups is 1. The van der Waals surface area contributed by atoms with Crippen LogP contribution in [0, 0.1) is 5.92 Å². The van der Waals surface area contributed by atoms with E-state index in [0.717, 1.165) is 18.8 Å². The zero-order valence-corrected chi connectivity index (χ0v) is 11.5. The summed E-state index contributed by atoms with van der Waals surface area (Å²) in [7, 11) is 1.96. The number of aromatic carboxylic acids is 1. The van der Waals surface area contributed by atoms with Crippen LogP contribution in [0.15, 0.2) is 12.3 Å². The van der Waals surface area contributed by atoms with Gasteiger partial charge in [0.15, 0.2) is 5.69 Å². The maximum Gasteiger partial charge on any atom is 0.354 e. The number of aromatic nitrogens is 2. The molecule has 0 radical (unpaired) electrons. The molecule has 0 saturated heterocycles. The van der Waals surface area contributed by atoms with E-state index in [-0.39, 0.29) is 5.69 Å². The van der Waals surface area contributed by atoms with Gasteiger partial charge in [-0.05, 0) is 37.7 Å². The molecule has 0 aromatic carbocycles. The van der Waals surface area contributed by atoms with Crippen molar-refractivity contribution in [3.8, 4) is 0 Å². The van der Waals surface area contributed by atoms with Gasteiger partial charge in [0, 0.05) is 19.3 Å². The highest BCUT2D eigenvalue weighted by molar-refractivity contribution is 5.85. The van der Waals surface area contributed by atoms with Crippen molar-refractivity contribution >= 4 is 11.9 Å². The second kappa shape index (κ2) is 5.99. The van der Waals surface area contributed by atoms with Crippen molar-refractivity contribution in [1.29, 1.82) is 0 Å². The first kappa shape index (κ1) is 13.8. The Morgan fingerprint density at radius 2 is 2.11 bits per heavy atom. The van der Waals surface area contributed by atoms with Gasteiger partial charge < -0.3 is 10.0 Å². The van der Waals surface area contributed by atoms with E-state index in [1.54, 1.807) is 0 Å². The molecule has 0 bridgehead atoms. The first-order valence-corrected chi connectivity index (χ1v) is 6.91. The lowest BCUT2D eigenvalue weighted by Gasteiger charge is -2.34. The lowest BCUT2D eigenvalue weighted by molar-refractivity contribution is 0.0690. The number of hydrogen-bond donors (Lipinski definition) is 1. The van der Waals surface area contributed by atoms with Gasteiger partial charge in [-0.2, -0.15) is 0 Å². The Morgan fingerprint density at radius 1 is 1.42 bits per heavy atom. The number of carboxylic acid groups (broad SMARTS) is 1. The van der Waals surface area contributed by atoms with Crippen LogP contribution < -0.4 is 4.90 Å². The zero-order valence-electron chi connectivity index (χ0n) is 11.5. The van der Waals surface area contributed by atoms with Crippen LogP contribution in [-0.4, -0.2) is 34.1 Å². The van der Waals surface area contributed by atoms with Crippen molar-refractivity contribution < 1.29 is 9.90 Å². The highest BCUT2D eigenvalue weighted by Gasteiger charge is 2.24. The molecule has 0 spiro atoms. The Labute approximate surface area is 113 Å². The number of rotatable bonds is 4. The van der Waals surface area contributed by atoms with Crippen LogP contribution in [-0.2, 0) is 0 Å². The van der Waals surface area contributed by atoms with Crippen molar-refractivity contribution in [3.05, 3.63) is 18.0 Å². The largest absolute Gasteiger partial charge is 0.477 e. The van der Waals surface area contributed by atoms with Gasteiger partial charge in [0.05, 0.1) is 0 Å². The maximum atomic E-state index is 10.9. The van der Waals surface area contributed by atoms with Crippen LogP contribution in [0.25, 0.3) is 0 Å². The Balaban J connectivity index is 2.05. The highest BCUT2D eigenvalue weighted by Crippen LogP contribution is 2.30. The van der Waals surface area contributed by atoms with E-state index in [4.69, 9.17) is 5.11 Å². The fourth-order valence-electron chi connectivity index (χ4n) is 2.74. The Kier molecular flexibility index (Phi) is 4.35. The van der Waals surface area contributed by atoms with Gasteiger partial charge in [-0.15, -0.1) is 0 Å². The second-order valence-electron chi connectivity index (χ2n) is 5.24. The van der Waals surface area contributed by atoms with Crippen LogP contribution in [0.4, 0.5) is 5.95 Å². The number of carboxylic acids is 1. The van der Waals surface area contributed by atoms with Gasteiger partial charge in [-0.3, -0.25) is 0 Å². The molecule has 0 unspecified atom stereocenters. The Bertz CT molecular complexity index is 442. The maximum absolute atomic E-state index is 10.9. The minimum atomic E-state index is -1.01. The summed E-state index contributed by atoms with van der Waals surface area (Å²) in [6, 6.07) is 1.85. The number of anilines is 1. The molecule has 1 N–H and O–H groups in total. The molecule has 1 saturated carbocycles. The molecular weight excluding hydrogens is 242 g/mol. The molecular formula is C14H21N3O2. The highest BCUT2D eigenvalue weighted by atomic mass is 16.4. The molecule has 1 aromatic rings. The van der Waals surface area contributed by atoms with E-state index < -0.39 is 5.97 Å². The molecule has 2 rings (SSSR count). The number of hydrogen-bond acceptors (Lipinski definition) is 4. The summed E-state index contributed by atoms with van der Waals surface area (Å²) in [5.41, 5.74) is 0.0547.